The Morgan fingerprint density at radius 3 is 1.81 bits per heavy atom. The second-order valence-electron chi connectivity index (χ2n) is 4.94. The molecule has 0 aliphatic rings. The number of hydrogen-bond donors (Lipinski definition) is 2. The summed E-state index contributed by atoms with van der Waals surface area (Å²) >= 11 is 0. The van der Waals surface area contributed by atoms with E-state index in [9.17, 15) is 0 Å². The predicted octanol–water partition coefficient (Wildman–Crippen LogP) is 3.06. The molecule has 0 heterocycles. The highest BCUT2D eigenvalue weighted by Gasteiger charge is 1.90. The summed E-state index contributed by atoms with van der Waals surface area (Å²) in [6.45, 7) is 5.95. The van der Waals surface area contributed by atoms with Crippen LogP contribution in [0.1, 0.15) is 22.3 Å². The molecule has 0 fully saturated rings. The van der Waals surface area contributed by atoms with Crippen LogP contribution in [0.3, 0.4) is 0 Å². The van der Waals surface area contributed by atoms with E-state index in [0.29, 0.717) is 13.1 Å². The summed E-state index contributed by atoms with van der Waals surface area (Å²) in [6, 6.07) is 18.6. The van der Waals surface area contributed by atoms with Gasteiger partial charge < -0.3 is 11.1 Å². The van der Waals surface area contributed by atoms with E-state index in [4.69, 9.17) is 11.0 Å². The zero-order valence-corrected chi connectivity index (χ0v) is 12.8. The average molecular weight is 281 g/mol. The van der Waals surface area contributed by atoms with Gasteiger partial charge in [0.15, 0.2) is 0 Å². The fourth-order valence-electron chi connectivity index (χ4n) is 1.69. The zero-order chi connectivity index (χ0) is 15.5. The van der Waals surface area contributed by atoms with E-state index in [2.05, 4.69) is 67.7 Å². The van der Waals surface area contributed by atoms with Crippen LogP contribution in [0, 0.1) is 25.2 Å². The van der Waals surface area contributed by atoms with E-state index in [1.54, 1.807) is 0 Å². The Morgan fingerprint density at radius 2 is 1.38 bits per heavy atom. The molecule has 0 saturated carbocycles. The number of nitriles is 1. The summed E-state index contributed by atoms with van der Waals surface area (Å²) in [6.07, 6.45) is 0. The van der Waals surface area contributed by atoms with E-state index in [0.717, 1.165) is 6.54 Å². The monoisotopic (exact) mass is 281 g/mol. The molecule has 0 saturated heterocycles. The summed E-state index contributed by atoms with van der Waals surface area (Å²) in [4.78, 5) is 0. The average Bonchev–Trinajstić information content (AvgIpc) is 2.51. The van der Waals surface area contributed by atoms with Crippen LogP contribution in [0.15, 0.2) is 48.5 Å². The molecule has 2 rings (SSSR count). The lowest BCUT2D eigenvalue weighted by Gasteiger charge is -2.00. The Hall–Kier alpha value is -2.15. The van der Waals surface area contributed by atoms with Gasteiger partial charge in [-0.15, -0.1) is 0 Å². The van der Waals surface area contributed by atoms with Crippen molar-refractivity contribution in [3.8, 4) is 6.07 Å². The number of rotatable bonds is 4. The molecule has 0 aliphatic carbocycles. The van der Waals surface area contributed by atoms with Crippen molar-refractivity contribution < 1.29 is 0 Å². The standard InChI is InChI=1S/C10H12N2.C8H11N/c1-9-2-4-10(5-3-9)8-12-7-6-11;1-7-2-4-8(6-9)5-3-7/h2-5,12H,7-8H2,1H3;2-5H,6,9H2,1H3. The number of benzene rings is 2. The molecule has 0 aromatic heterocycles. The second kappa shape index (κ2) is 9.71. The molecular weight excluding hydrogens is 258 g/mol. The molecule has 0 radical (unpaired) electrons. The largest absolute Gasteiger partial charge is 0.326 e. The molecule has 0 amide bonds. The topological polar surface area (TPSA) is 61.8 Å². The lowest BCUT2D eigenvalue weighted by Crippen LogP contribution is -2.12. The first kappa shape index (κ1) is 16.9. The van der Waals surface area contributed by atoms with Crippen LogP contribution < -0.4 is 11.1 Å². The molecule has 110 valence electrons. The van der Waals surface area contributed by atoms with Gasteiger partial charge in [0.25, 0.3) is 0 Å². The molecule has 3 nitrogen and oxygen atoms in total. The van der Waals surface area contributed by atoms with Crippen molar-refractivity contribution in [2.45, 2.75) is 26.9 Å². The second-order valence-corrected chi connectivity index (χ2v) is 4.94. The summed E-state index contributed by atoms with van der Waals surface area (Å²) in [5, 5.41) is 11.3. The number of hydrogen-bond acceptors (Lipinski definition) is 3. The van der Waals surface area contributed by atoms with Crippen LogP contribution >= 0.6 is 0 Å². The molecule has 3 N–H and O–H groups in total. The van der Waals surface area contributed by atoms with Gasteiger partial charge in [-0.1, -0.05) is 59.7 Å². The van der Waals surface area contributed by atoms with Gasteiger partial charge in [-0.05, 0) is 25.0 Å². The minimum atomic E-state index is 0.411. The molecule has 0 bridgehead atoms. The third kappa shape index (κ3) is 7.26. The normalized spacial score (nSPS) is 9.43. The van der Waals surface area contributed by atoms with Crippen LogP contribution in [0.25, 0.3) is 0 Å². The molecule has 2 aromatic rings. The number of nitrogens with two attached hydrogens (primary N) is 1. The Labute approximate surface area is 127 Å². The fourth-order valence-corrected chi connectivity index (χ4v) is 1.69. The Kier molecular flexibility index (Phi) is 7.81. The quantitative estimate of drug-likeness (QED) is 0.669. The summed E-state index contributed by atoms with van der Waals surface area (Å²) in [7, 11) is 0. The first-order valence-electron chi connectivity index (χ1n) is 7.04. The Bertz CT molecular complexity index is 551. The van der Waals surface area contributed by atoms with Gasteiger partial charge in [-0.3, -0.25) is 0 Å². The van der Waals surface area contributed by atoms with Crippen LogP contribution in [-0.4, -0.2) is 6.54 Å². The molecule has 21 heavy (non-hydrogen) atoms. The Balaban J connectivity index is 0.000000219. The van der Waals surface area contributed by atoms with E-state index in [1.165, 1.54) is 22.3 Å². The maximum atomic E-state index is 8.28. The first-order valence-corrected chi connectivity index (χ1v) is 7.04. The highest BCUT2D eigenvalue weighted by molar-refractivity contribution is 5.21. The molecular formula is C18H23N3. The van der Waals surface area contributed by atoms with Gasteiger partial charge in [0.05, 0.1) is 12.6 Å². The van der Waals surface area contributed by atoms with Crippen molar-refractivity contribution in [1.82, 2.24) is 5.32 Å². The lowest BCUT2D eigenvalue weighted by atomic mass is 10.1. The van der Waals surface area contributed by atoms with Crippen molar-refractivity contribution in [3.05, 3.63) is 70.8 Å². The van der Waals surface area contributed by atoms with E-state index in [1.807, 2.05) is 6.07 Å². The maximum Gasteiger partial charge on any atom is 0.0843 e. The van der Waals surface area contributed by atoms with Crippen LogP contribution in [0.4, 0.5) is 0 Å². The van der Waals surface area contributed by atoms with Crippen molar-refractivity contribution in [2.75, 3.05) is 6.54 Å². The van der Waals surface area contributed by atoms with Crippen molar-refractivity contribution >= 4 is 0 Å². The summed E-state index contributed by atoms with van der Waals surface area (Å²) < 4.78 is 0. The summed E-state index contributed by atoms with van der Waals surface area (Å²) in [5.41, 5.74) is 10.4. The lowest BCUT2D eigenvalue weighted by molar-refractivity contribution is 0.765. The van der Waals surface area contributed by atoms with Crippen LogP contribution in [0.5, 0.6) is 0 Å². The number of nitrogens with zero attached hydrogens (tertiary/aromatic N) is 1. The van der Waals surface area contributed by atoms with Crippen molar-refractivity contribution in [1.29, 1.82) is 5.26 Å². The van der Waals surface area contributed by atoms with Gasteiger partial charge in [-0.2, -0.15) is 5.26 Å². The Morgan fingerprint density at radius 1 is 0.905 bits per heavy atom. The molecule has 0 atom stereocenters. The van der Waals surface area contributed by atoms with Crippen molar-refractivity contribution in [3.63, 3.8) is 0 Å². The highest BCUT2D eigenvalue weighted by atomic mass is 14.8. The first-order chi connectivity index (χ1) is 10.2. The predicted molar refractivity (Wildman–Crippen MR) is 87.6 cm³/mol. The third-order valence-corrected chi connectivity index (χ3v) is 3.01. The molecule has 0 aliphatic heterocycles. The fraction of sp³-hybridized carbons (Fsp3) is 0.278. The van der Waals surface area contributed by atoms with Crippen LogP contribution in [0.2, 0.25) is 0 Å². The molecule has 3 heteroatoms. The van der Waals surface area contributed by atoms with Crippen LogP contribution in [-0.2, 0) is 13.1 Å². The van der Waals surface area contributed by atoms with E-state index < -0.39 is 0 Å². The van der Waals surface area contributed by atoms with Gasteiger partial charge in [-0.25, -0.2) is 0 Å². The minimum Gasteiger partial charge on any atom is -0.326 e. The van der Waals surface area contributed by atoms with E-state index in [-0.39, 0.29) is 0 Å². The SMILES string of the molecule is Cc1ccc(CN)cc1.Cc1ccc(CNCC#N)cc1. The van der Waals surface area contributed by atoms with Gasteiger partial charge in [0, 0.05) is 13.1 Å². The van der Waals surface area contributed by atoms with Gasteiger partial charge in [0.1, 0.15) is 0 Å². The zero-order valence-electron chi connectivity index (χ0n) is 12.8. The van der Waals surface area contributed by atoms with Gasteiger partial charge >= 0.3 is 0 Å². The number of aryl methyl sites for hydroxylation is 2. The molecule has 0 unspecified atom stereocenters. The van der Waals surface area contributed by atoms with E-state index >= 15 is 0 Å². The smallest absolute Gasteiger partial charge is 0.0843 e. The van der Waals surface area contributed by atoms with Crippen molar-refractivity contribution in [2.24, 2.45) is 5.73 Å². The molecule has 2 aromatic carbocycles. The minimum absolute atomic E-state index is 0.411. The third-order valence-electron chi connectivity index (χ3n) is 3.01. The van der Waals surface area contributed by atoms with Gasteiger partial charge in [0.2, 0.25) is 0 Å². The maximum absolute atomic E-state index is 8.28. The number of nitrogens with one attached hydrogen (secondary N) is 1. The highest BCUT2D eigenvalue weighted by Crippen LogP contribution is 2.02. The summed E-state index contributed by atoms with van der Waals surface area (Å²) in [5.74, 6) is 0. The molecule has 0 spiro atoms.